The highest BCUT2D eigenvalue weighted by molar-refractivity contribution is 14.0. The Labute approximate surface area is 123 Å². The fraction of sp³-hybridized carbons (Fsp3) is 0.923. The molecule has 3 nitrogen and oxygen atoms in total. The number of nitrogens with one attached hydrogen (secondary N) is 1. The van der Waals surface area contributed by atoms with Crippen molar-refractivity contribution in [2.75, 3.05) is 6.54 Å². The van der Waals surface area contributed by atoms with E-state index < -0.39 is 0 Å². The maximum absolute atomic E-state index is 5.78. The van der Waals surface area contributed by atoms with E-state index in [-0.39, 0.29) is 24.0 Å². The van der Waals surface area contributed by atoms with Gasteiger partial charge in [0, 0.05) is 12.6 Å². The van der Waals surface area contributed by atoms with Crippen molar-refractivity contribution in [2.24, 2.45) is 22.1 Å². The number of guanidine groups is 1. The van der Waals surface area contributed by atoms with Gasteiger partial charge in [0.1, 0.15) is 0 Å². The first-order valence-corrected chi connectivity index (χ1v) is 6.45. The summed E-state index contributed by atoms with van der Waals surface area (Å²) in [5, 5.41) is 3.13. The summed E-state index contributed by atoms with van der Waals surface area (Å²) in [7, 11) is 0. The standard InChI is InChI=1S/C13H27N3.HI/c1-10(2)16-12(14)15-9-11-5-7-13(3,4)8-6-11;/h10-11H,5-9H2,1-4H3,(H3,14,15,16);1H. The minimum absolute atomic E-state index is 0. The molecule has 0 saturated heterocycles. The Morgan fingerprint density at radius 3 is 2.35 bits per heavy atom. The van der Waals surface area contributed by atoms with E-state index in [0.29, 0.717) is 17.4 Å². The van der Waals surface area contributed by atoms with E-state index in [1.54, 1.807) is 0 Å². The molecule has 1 rings (SSSR count). The molecule has 102 valence electrons. The van der Waals surface area contributed by atoms with Crippen LogP contribution < -0.4 is 11.1 Å². The normalized spacial score (nSPS) is 21.1. The Kier molecular flexibility index (Phi) is 7.44. The van der Waals surface area contributed by atoms with Crippen LogP contribution in [-0.4, -0.2) is 18.5 Å². The van der Waals surface area contributed by atoms with Crippen LogP contribution in [-0.2, 0) is 0 Å². The molecule has 0 aliphatic heterocycles. The van der Waals surface area contributed by atoms with Crippen LogP contribution in [0.25, 0.3) is 0 Å². The predicted octanol–water partition coefficient (Wildman–Crippen LogP) is 3.13. The molecule has 1 aliphatic carbocycles. The molecular formula is C13H28IN3. The van der Waals surface area contributed by atoms with Crippen LogP contribution in [0.1, 0.15) is 53.4 Å². The van der Waals surface area contributed by atoms with Gasteiger partial charge >= 0.3 is 0 Å². The van der Waals surface area contributed by atoms with Gasteiger partial charge in [0.05, 0.1) is 0 Å². The van der Waals surface area contributed by atoms with Crippen molar-refractivity contribution in [3.63, 3.8) is 0 Å². The molecule has 0 bridgehead atoms. The zero-order valence-electron chi connectivity index (χ0n) is 11.6. The lowest BCUT2D eigenvalue weighted by atomic mass is 9.73. The van der Waals surface area contributed by atoms with E-state index in [1.165, 1.54) is 25.7 Å². The highest BCUT2D eigenvalue weighted by Crippen LogP contribution is 2.37. The van der Waals surface area contributed by atoms with Gasteiger partial charge in [-0.25, -0.2) is 0 Å². The molecule has 4 heteroatoms. The molecule has 0 aromatic rings. The van der Waals surface area contributed by atoms with E-state index in [2.05, 4.69) is 38.0 Å². The number of hydrogen-bond acceptors (Lipinski definition) is 1. The van der Waals surface area contributed by atoms with Crippen LogP contribution in [0.2, 0.25) is 0 Å². The van der Waals surface area contributed by atoms with Crippen LogP contribution in [0.15, 0.2) is 4.99 Å². The van der Waals surface area contributed by atoms with Crippen molar-refractivity contribution in [3.05, 3.63) is 0 Å². The molecule has 0 spiro atoms. The van der Waals surface area contributed by atoms with Crippen molar-refractivity contribution >= 4 is 29.9 Å². The summed E-state index contributed by atoms with van der Waals surface area (Å²) in [6.45, 7) is 9.76. The molecule has 0 atom stereocenters. The van der Waals surface area contributed by atoms with Crippen LogP contribution in [0.4, 0.5) is 0 Å². The van der Waals surface area contributed by atoms with Crippen molar-refractivity contribution < 1.29 is 0 Å². The van der Waals surface area contributed by atoms with Crippen LogP contribution in [0.5, 0.6) is 0 Å². The van der Waals surface area contributed by atoms with Gasteiger partial charge in [0.15, 0.2) is 5.96 Å². The minimum atomic E-state index is 0. The highest BCUT2D eigenvalue weighted by Gasteiger charge is 2.26. The fourth-order valence-corrected chi connectivity index (χ4v) is 2.21. The van der Waals surface area contributed by atoms with Gasteiger partial charge in [-0.3, -0.25) is 4.99 Å². The Bertz CT molecular complexity index is 239. The number of rotatable bonds is 3. The van der Waals surface area contributed by atoms with E-state index in [1.807, 2.05) is 0 Å². The molecule has 1 saturated carbocycles. The number of halogens is 1. The van der Waals surface area contributed by atoms with Crippen molar-refractivity contribution in [2.45, 2.75) is 59.4 Å². The average Bonchev–Trinajstić information content (AvgIpc) is 2.15. The molecule has 0 heterocycles. The third-order valence-electron chi connectivity index (χ3n) is 3.42. The summed E-state index contributed by atoms with van der Waals surface area (Å²) in [5.41, 5.74) is 6.33. The van der Waals surface area contributed by atoms with Crippen LogP contribution >= 0.6 is 24.0 Å². The number of aliphatic imine (C=N–C) groups is 1. The Morgan fingerprint density at radius 2 is 1.88 bits per heavy atom. The maximum Gasteiger partial charge on any atom is 0.188 e. The van der Waals surface area contributed by atoms with Gasteiger partial charge in [0.25, 0.3) is 0 Å². The summed E-state index contributed by atoms with van der Waals surface area (Å²) in [6, 6.07) is 0.369. The summed E-state index contributed by atoms with van der Waals surface area (Å²) in [5.74, 6) is 1.33. The third kappa shape index (κ3) is 7.11. The van der Waals surface area contributed by atoms with Gasteiger partial charge in [-0.2, -0.15) is 0 Å². The average molecular weight is 353 g/mol. The molecule has 0 aromatic carbocycles. The Balaban J connectivity index is 0.00000256. The van der Waals surface area contributed by atoms with Crippen molar-refractivity contribution in [1.82, 2.24) is 5.32 Å². The van der Waals surface area contributed by atoms with Crippen LogP contribution in [0, 0.1) is 11.3 Å². The minimum Gasteiger partial charge on any atom is -0.370 e. The third-order valence-corrected chi connectivity index (χ3v) is 3.42. The molecular weight excluding hydrogens is 325 g/mol. The SMILES string of the molecule is CC(C)NC(N)=NCC1CCC(C)(C)CC1.I. The van der Waals surface area contributed by atoms with Gasteiger partial charge in [-0.15, -0.1) is 24.0 Å². The summed E-state index contributed by atoms with van der Waals surface area (Å²) in [6.07, 6.45) is 5.24. The smallest absolute Gasteiger partial charge is 0.188 e. The fourth-order valence-electron chi connectivity index (χ4n) is 2.21. The topological polar surface area (TPSA) is 50.4 Å². The monoisotopic (exact) mass is 353 g/mol. The number of hydrogen-bond donors (Lipinski definition) is 2. The van der Waals surface area contributed by atoms with Gasteiger partial charge in [0.2, 0.25) is 0 Å². The van der Waals surface area contributed by atoms with Crippen LogP contribution in [0.3, 0.4) is 0 Å². The molecule has 1 aliphatic rings. The first-order valence-electron chi connectivity index (χ1n) is 6.45. The second kappa shape index (κ2) is 7.44. The number of nitrogens with two attached hydrogens (primary N) is 1. The second-order valence-corrected chi connectivity index (χ2v) is 6.13. The lowest BCUT2D eigenvalue weighted by Gasteiger charge is -2.33. The molecule has 0 amide bonds. The molecule has 17 heavy (non-hydrogen) atoms. The molecule has 0 unspecified atom stereocenters. The van der Waals surface area contributed by atoms with Gasteiger partial charge in [-0.1, -0.05) is 13.8 Å². The maximum atomic E-state index is 5.78. The van der Waals surface area contributed by atoms with Gasteiger partial charge in [-0.05, 0) is 50.9 Å². The molecule has 0 radical (unpaired) electrons. The zero-order chi connectivity index (χ0) is 12.2. The summed E-state index contributed by atoms with van der Waals surface area (Å²) < 4.78 is 0. The summed E-state index contributed by atoms with van der Waals surface area (Å²) >= 11 is 0. The lowest BCUT2D eigenvalue weighted by molar-refractivity contribution is 0.195. The molecule has 1 fully saturated rings. The molecule has 3 N–H and O–H groups in total. The van der Waals surface area contributed by atoms with E-state index in [4.69, 9.17) is 5.73 Å². The number of nitrogens with zero attached hydrogens (tertiary/aromatic N) is 1. The van der Waals surface area contributed by atoms with Crippen molar-refractivity contribution in [1.29, 1.82) is 0 Å². The summed E-state index contributed by atoms with van der Waals surface area (Å²) in [4.78, 5) is 4.42. The van der Waals surface area contributed by atoms with Crippen molar-refractivity contribution in [3.8, 4) is 0 Å². The quantitative estimate of drug-likeness (QED) is 0.465. The first kappa shape index (κ1) is 17.0. The Morgan fingerprint density at radius 1 is 1.35 bits per heavy atom. The molecule has 0 aromatic heterocycles. The van der Waals surface area contributed by atoms with E-state index in [0.717, 1.165) is 12.5 Å². The lowest BCUT2D eigenvalue weighted by Crippen LogP contribution is -2.37. The highest BCUT2D eigenvalue weighted by atomic mass is 127. The predicted molar refractivity (Wildman–Crippen MR) is 85.9 cm³/mol. The Hall–Kier alpha value is 0. The van der Waals surface area contributed by atoms with Gasteiger partial charge < -0.3 is 11.1 Å². The largest absolute Gasteiger partial charge is 0.370 e. The van der Waals surface area contributed by atoms with E-state index in [9.17, 15) is 0 Å². The first-order chi connectivity index (χ1) is 7.39. The second-order valence-electron chi connectivity index (χ2n) is 6.13. The van der Waals surface area contributed by atoms with E-state index >= 15 is 0 Å². The zero-order valence-corrected chi connectivity index (χ0v) is 14.0.